The number of fused-ring (bicyclic) bond motifs is 2. The topological polar surface area (TPSA) is 93.1 Å². The standard InChI is InChI=1S/C39H54O6/c1-36(2,3)28-16-24(17-29(32(28)40)37(4,5)6)34(42)44-20-26-22-13-14-23(15-22)27(26)21-45-35(43)25-18-30(38(7,8)9)33(41)31(19-25)39(10,11)12/h13-14,16-19,22-23,26-27,40-41H,15,20-21H2,1-12H3/t22?,23?,26-,27+. The van der Waals surface area contributed by atoms with Gasteiger partial charge in [0.1, 0.15) is 11.5 Å². The summed E-state index contributed by atoms with van der Waals surface area (Å²) in [6.07, 6.45) is 5.35. The van der Waals surface area contributed by atoms with E-state index in [0.717, 1.165) is 6.42 Å². The molecule has 0 aromatic heterocycles. The predicted molar refractivity (Wildman–Crippen MR) is 179 cm³/mol. The summed E-state index contributed by atoms with van der Waals surface area (Å²) < 4.78 is 11.9. The number of aromatic hydroxyl groups is 2. The molecule has 6 heteroatoms. The molecule has 0 aliphatic heterocycles. The molecule has 0 spiro atoms. The van der Waals surface area contributed by atoms with Crippen LogP contribution in [-0.4, -0.2) is 35.4 Å². The molecule has 4 atom stereocenters. The molecule has 0 saturated heterocycles. The van der Waals surface area contributed by atoms with Crippen molar-refractivity contribution in [2.75, 3.05) is 13.2 Å². The fraction of sp³-hybridized carbons (Fsp3) is 0.590. The van der Waals surface area contributed by atoms with Crippen LogP contribution in [0.5, 0.6) is 11.5 Å². The largest absolute Gasteiger partial charge is 0.507 e. The van der Waals surface area contributed by atoms with E-state index in [2.05, 4.69) is 12.2 Å². The van der Waals surface area contributed by atoms with E-state index in [4.69, 9.17) is 9.47 Å². The Balaban J connectivity index is 1.52. The van der Waals surface area contributed by atoms with Crippen LogP contribution in [0.1, 0.15) is 132 Å². The third kappa shape index (κ3) is 7.26. The van der Waals surface area contributed by atoms with Gasteiger partial charge in [0.25, 0.3) is 0 Å². The second-order valence-electron chi connectivity index (χ2n) is 17.3. The molecule has 0 heterocycles. The summed E-state index contributed by atoms with van der Waals surface area (Å²) in [5.74, 6) is 0.213. The van der Waals surface area contributed by atoms with Crippen molar-refractivity contribution < 1.29 is 29.3 Å². The summed E-state index contributed by atoms with van der Waals surface area (Å²) in [6, 6.07) is 7.01. The van der Waals surface area contributed by atoms with Crippen molar-refractivity contribution >= 4 is 11.9 Å². The number of benzene rings is 2. The molecule has 2 aliphatic carbocycles. The number of carbonyl (C=O) groups is 2. The van der Waals surface area contributed by atoms with Crippen molar-refractivity contribution in [1.82, 2.24) is 0 Å². The maximum Gasteiger partial charge on any atom is 0.338 e. The normalized spacial score (nSPS) is 21.7. The Hall–Kier alpha value is -3.28. The maximum atomic E-state index is 13.5. The number of esters is 2. The summed E-state index contributed by atoms with van der Waals surface area (Å²) >= 11 is 0. The highest BCUT2D eigenvalue weighted by Gasteiger charge is 2.46. The first-order valence-electron chi connectivity index (χ1n) is 16.3. The minimum atomic E-state index is -0.415. The third-order valence-corrected chi connectivity index (χ3v) is 9.54. The predicted octanol–water partition coefficient (Wildman–Crippen LogP) is 8.74. The first-order valence-corrected chi connectivity index (χ1v) is 16.3. The average molecular weight is 619 g/mol. The Labute approximate surface area is 270 Å². The molecule has 2 bridgehead atoms. The number of allylic oxidation sites excluding steroid dienone is 2. The molecule has 0 radical (unpaired) electrons. The Morgan fingerprint density at radius 2 is 0.844 bits per heavy atom. The van der Waals surface area contributed by atoms with Crippen LogP contribution < -0.4 is 0 Å². The summed E-state index contributed by atoms with van der Waals surface area (Å²) in [5.41, 5.74) is 2.30. The first kappa shape index (κ1) is 34.6. The van der Waals surface area contributed by atoms with E-state index < -0.39 is 11.9 Å². The van der Waals surface area contributed by atoms with Gasteiger partial charge in [-0.05, 0) is 64.2 Å². The van der Waals surface area contributed by atoms with E-state index in [9.17, 15) is 19.8 Å². The second kappa shape index (κ2) is 11.8. The SMILES string of the molecule is CC(C)(C)c1cc(C(=O)OC[C@@H]2C3C=CC(C3)[C@@H]2COC(=O)c2cc(C(C)(C)C)c(O)c(C(C)(C)C)c2)cc(C(C)(C)C)c1O. The number of phenolic OH excluding ortho intramolecular Hbond substituents is 2. The maximum absolute atomic E-state index is 13.5. The van der Waals surface area contributed by atoms with Crippen LogP contribution in [0, 0.1) is 23.7 Å². The molecule has 4 rings (SSSR count). The van der Waals surface area contributed by atoms with Crippen molar-refractivity contribution in [3.63, 3.8) is 0 Å². The van der Waals surface area contributed by atoms with E-state index in [-0.39, 0.29) is 70.0 Å². The van der Waals surface area contributed by atoms with Gasteiger partial charge in [0, 0.05) is 34.1 Å². The Bertz CT molecular complexity index is 1300. The Kier molecular flexibility index (Phi) is 9.09. The molecule has 1 saturated carbocycles. The number of hydrogen-bond acceptors (Lipinski definition) is 6. The van der Waals surface area contributed by atoms with Crippen LogP contribution in [-0.2, 0) is 31.1 Å². The van der Waals surface area contributed by atoms with Crippen LogP contribution in [0.2, 0.25) is 0 Å². The minimum Gasteiger partial charge on any atom is -0.507 e. The number of rotatable bonds is 6. The van der Waals surface area contributed by atoms with Gasteiger partial charge in [-0.1, -0.05) is 95.2 Å². The molecule has 2 aliphatic rings. The average Bonchev–Trinajstić information content (AvgIpc) is 3.49. The molecule has 2 aromatic carbocycles. The molecule has 45 heavy (non-hydrogen) atoms. The smallest absolute Gasteiger partial charge is 0.338 e. The van der Waals surface area contributed by atoms with Gasteiger partial charge in [-0.25, -0.2) is 9.59 Å². The zero-order valence-corrected chi connectivity index (χ0v) is 29.4. The number of ether oxygens (including phenoxy) is 2. The minimum absolute atomic E-state index is 0.0353. The highest BCUT2D eigenvalue weighted by atomic mass is 16.5. The lowest BCUT2D eigenvalue weighted by atomic mass is 9.78. The van der Waals surface area contributed by atoms with Gasteiger partial charge in [0.15, 0.2) is 0 Å². The van der Waals surface area contributed by atoms with Crippen LogP contribution in [0.25, 0.3) is 0 Å². The first-order chi connectivity index (χ1) is 20.5. The van der Waals surface area contributed by atoms with E-state index >= 15 is 0 Å². The van der Waals surface area contributed by atoms with Crippen molar-refractivity contribution in [1.29, 1.82) is 0 Å². The quantitative estimate of drug-likeness (QED) is 0.248. The zero-order valence-electron chi connectivity index (χ0n) is 29.4. The number of phenols is 2. The fourth-order valence-corrected chi connectivity index (χ4v) is 6.82. The van der Waals surface area contributed by atoms with Gasteiger partial charge in [0.2, 0.25) is 0 Å². The second-order valence-corrected chi connectivity index (χ2v) is 17.3. The van der Waals surface area contributed by atoms with Gasteiger partial charge in [-0.3, -0.25) is 0 Å². The lowest BCUT2D eigenvalue weighted by molar-refractivity contribution is 0.0203. The summed E-state index contributed by atoms with van der Waals surface area (Å²) in [7, 11) is 0. The van der Waals surface area contributed by atoms with E-state index in [1.807, 2.05) is 83.1 Å². The summed E-state index contributed by atoms with van der Waals surface area (Å²) in [6.45, 7) is 24.7. The third-order valence-electron chi connectivity index (χ3n) is 9.54. The zero-order chi connectivity index (χ0) is 33.9. The molecular formula is C39H54O6. The molecule has 1 fully saturated rings. The van der Waals surface area contributed by atoms with E-state index in [0.29, 0.717) is 33.4 Å². The lowest BCUT2D eigenvalue weighted by Crippen LogP contribution is -2.30. The molecule has 2 unspecified atom stereocenters. The van der Waals surface area contributed by atoms with Gasteiger partial charge >= 0.3 is 11.9 Å². The number of carbonyl (C=O) groups excluding carboxylic acids is 2. The van der Waals surface area contributed by atoms with E-state index in [1.54, 1.807) is 24.3 Å². The van der Waals surface area contributed by atoms with Crippen LogP contribution >= 0.6 is 0 Å². The van der Waals surface area contributed by atoms with Crippen molar-refractivity contribution in [2.45, 2.75) is 111 Å². The van der Waals surface area contributed by atoms with Crippen LogP contribution in [0.3, 0.4) is 0 Å². The van der Waals surface area contributed by atoms with Crippen molar-refractivity contribution in [2.24, 2.45) is 23.7 Å². The number of hydrogen-bond donors (Lipinski definition) is 2. The van der Waals surface area contributed by atoms with Gasteiger partial charge in [-0.2, -0.15) is 0 Å². The monoisotopic (exact) mass is 618 g/mol. The fourth-order valence-electron chi connectivity index (χ4n) is 6.82. The molecular weight excluding hydrogens is 564 g/mol. The highest BCUT2D eigenvalue weighted by molar-refractivity contribution is 5.91. The molecule has 2 N–H and O–H groups in total. The lowest BCUT2D eigenvalue weighted by Gasteiger charge is -2.29. The van der Waals surface area contributed by atoms with Crippen LogP contribution in [0.4, 0.5) is 0 Å². The Morgan fingerprint density at radius 1 is 0.578 bits per heavy atom. The highest BCUT2D eigenvalue weighted by Crippen LogP contribution is 2.49. The molecule has 6 nitrogen and oxygen atoms in total. The van der Waals surface area contributed by atoms with E-state index in [1.165, 1.54) is 0 Å². The molecule has 246 valence electrons. The van der Waals surface area contributed by atoms with Gasteiger partial charge in [-0.15, -0.1) is 0 Å². The molecule has 0 amide bonds. The van der Waals surface area contributed by atoms with Crippen LogP contribution in [0.15, 0.2) is 36.4 Å². The van der Waals surface area contributed by atoms with Crippen molar-refractivity contribution in [3.8, 4) is 11.5 Å². The van der Waals surface area contributed by atoms with Gasteiger partial charge in [0.05, 0.1) is 24.3 Å². The molecule has 2 aromatic rings. The van der Waals surface area contributed by atoms with Gasteiger partial charge < -0.3 is 19.7 Å². The van der Waals surface area contributed by atoms with Crippen molar-refractivity contribution in [3.05, 3.63) is 69.8 Å². The Morgan fingerprint density at radius 3 is 1.09 bits per heavy atom. The summed E-state index contributed by atoms with van der Waals surface area (Å²) in [4.78, 5) is 26.9. The summed E-state index contributed by atoms with van der Waals surface area (Å²) in [5, 5.41) is 22.1.